The van der Waals surface area contributed by atoms with Crippen LogP contribution < -0.4 is 4.74 Å². The smallest absolute Gasteiger partial charge is 0.134 e. The van der Waals surface area contributed by atoms with E-state index in [0.717, 1.165) is 11.5 Å². The summed E-state index contributed by atoms with van der Waals surface area (Å²) < 4.78 is 6.53. The topological polar surface area (TPSA) is 9.23 Å². The van der Waals surface area contributed by atoms with Crippen LogP contribution in [0.15, 0.2) is 151 Å². The zero-order valence-corrected chi connectivity index (χ0v) is 29.9. The van der Waals surface area contributed by atoms with Gasteiger partial charge in [0.1, 0.15) is 11.5 Å². The Morgan fingerprint density at radius 2 is 1.12 bits per heavy atom. The molecule has 0 aromatic heterocycles. The molecule has 4 aliphatic rings. The minimum Gasteiger partial charge on any atom is -0.460 e. The molecule has 50 heavy (non-hydrogen) atoms. The summed E-state index contributed by atoms with van der Waals surface area (Å²) in [6.07, 6.45) is 13.3. The maximum Gasteiger partial charge on any atom is 0.134 e. The molecule has 9 rings (SSSR count). The third kappa shape index (κ3) is 4.59. The number of hydrogen-bond donors (Lipinski definition) is 0. The average molecular weight is 649 g/mol. The van der Waals surface area contributed by atoms with Gasteiger partial charge in [-0.1, -0.05) is 163 Å². The maximum absolute atomic E-state index is 6.53. The highest BCUT2D eigenvalue weighted by Crippen LogP contribution is 2.57. The van der Waals surface area contributed by atoms with E-state index in [4.69, 9.17) is 4.74 Å². The molecule has 0 N–H and O–H groups in total. The molecule has 0 fully saturated rings. The molecule has 0 saturated heterocycles. The van der Waals surface area contributed by atoms with Gasteiger partial charge in [-0.15, -0.1) is 0 Å². The highest BCUT2D eigenvalue weighted by molar-refractivity contribution is 5.89. The number of rotatable bonds is 3. The zero-order valence-electron chi connectivity index (χ0n) is 29.9. The lowest BCUT2D eigenvalue weighted by molar-refractivity contribution is 0.340. The van der Waals surface area contributed by atoms with Crippen LogP contribution in [0.3, 0.4) is 0 Å². The molecule has 0 amide bonds. The van der Waals surface area contributed by atoms with Gasteiger partial charge in [-0.25, -0.2) is 0 Å². The molecule has 2 atom stereocenters. The maximum atomic E-state index is 6.53. The van der Waals surface area contributed by atoms with E-state index in [1.54, 1.807) is 0 Å². The molecule has 1 nitrogen and oxygen atoms in total. The Kier molecular flexibility index (Phi) is 6.75. The lowest BCUT2D eigenvalue weighted by Gasteiger charge is -2.37. The fourth-order valence-corrected chi connectivity index (χ4v) is 8.80. The van der Waals surface area contributed by atoms with Crippen LogP contribution in [0.2, 0.25) is 0 Å². The summed E-state index contributed by atoms with van der Waals surface area (Å²) in [7, 11) is 0. The first-order valence-electron chi connectivity index (χ1n) is 18.1. The van der Waals surface area contributed by atoms with Crippen molar-refractivity contribution < 1.29 is 4.74 Å². The Bertz CT molecular complexity index is 2230. The predicted molar refractivity (Wildman–Crippen MR) is 209 cm³/mol. The van der Waals surface area contributed by atoms with Crippen LogP contribution in [0, 0.1) is 11.8 Å². The lowest BCUT2D eigenvalue weighted by atomic mass is 9.66. The van der Waals surface area contributed by atoms with Crippen LogP contribution >= 0.6 is 0 Å². The summed E-state index contributed by atoms with van der Waals surface area (Å²) in [6, 6.07) is 41.9. The van der Waals surface area contributed by atoms with E-state index in [-0.39, 0.29) is 16.7 Å². The van der Waals surface area contributed by atoms with Crippen LogP contribution in [0.1, 0.15) is 80.5 Å². The van der Waals surface area contributed by atoms with Gasteiger partial charge >= 0.3 is 0 Å². The number of benzene rings is 5. The van der Waals surface area contributed by atoms with Gasteiger partial charge in [0.2, 0.25) is 0 Å². The van der Waals surface area contributed by atoms with Crippen molar-refractivity contribution in [3.8, 4) is 28.0 Å². The van der Waals surface area contributed by atoms with E-state index in [0.29, 0.717) is 5.92 Å². The number of ether oxygens (including phenoxy) is 1. The third-order valence-corrected chi connectivity index (χ3v) is 11.5. The van der Waals surface area contributed by atoms with Crippen molar-refractivity contribution in [1.82, 2.24) is 0 Å². The van der Waals surface area contributed by atoms with Crippen molar-refractivity contribution >= 4 is 5.57 Å². The van der Waals surface area contributed by atoms with Gasteiger partial charge in [-0.05, 0) is 96.3 Å². The highest BCUT2D eigenvalue weighted by Gasteiger charge is 2.46. The summed E-state index contributed by atoms with van der Waals surface area (Å²) in [6.45, 7) is 13.8. The van der Waals surface area contributed by atoms with Gasteiger partial charge in [0.05, 0.1) is 11.3 Å². The Labute approximate surface area is 297 Å². The molecule has 5 aromatic rings. The number of fused-ring (bicyclic) bond motifs is 5. The summed E-state index contributed by atoms with van der Waals surface area (Å²) in [4.78, 5) is 0. The minimum atomic E-state index is -0.468. The molecule has 2 unspecified atom stereocenters. The van der Waals surface area contributed by atoms with Gasteiger partial charge in [0.25, 0.3) is 0 Å². The third-order valence-electron chi connectivity index (χ3n) is 11.5. The van der Waals surface area contributed by atoms with Crippen molar-refractivity contribution in [2.45, 2.75) is 57.8 Å². The van der Waals surface area contributed by atoms with Crippen LogP contribution in [-0.2, 0) is 16.2 Å². The molecule has 0 radical (unpaired) electrons. The normalized spacial score (nSPS) is 19.4. The first-order chi connectivity index (χ1) is 24.0. The predicted octanol–water partition coefficient (Wildman–Crippen LogP) is 12.3. The molecule has 5 aromatic carbocycles. The first-order valence-corrected chi connectivity index (χ1v) is 18.1. The highest BCUT2D eigenvalue weighted by atomic mass is 16.5. The van der Waals surface area contributed by atoms with E-state index < -0.39 is 5.41 Å². The summed E-state index contributed by atoms with van der Waals surface area (Å²) in [5, 5.41) is 0. The quantitative estimate of drug-likeness (QED) is 0.186. The van der Waals surface area contributed by atoms with Gasteiger partial charge in [0, 0.05) is 11.5 Å². The fourth-order valence-electron chi connectivity index (χ4n) is 8.80. The second kappa shape index (κ2) is 10.9. The molecule has 1 heterocycles. The summed E-state index contributed by atoms with van der Waals surface area (Å²) >= 11 is 0. The summed E-state index contributed by atoms with van der Waals surface area (Å²) in [5.41, 5.74) is 15.2. The van der Waals surface area contributed by atoms with E-state index in [1.165, 1.54) is 66.8 Å². The molecule has 3 aliphatic carbocycles. The molecule has 0 bridgehead atoms. The van der Waals surface area contributed by atoms with Crippen molar-refractivity contribution in [3.05, 3.63) is 190 Å². The van der Waals surface area contributed by atoms with Gasteiger partial charge in [0.15, 0.2) is 0 Å². The monoisotopic (exact) mass is 648 g/mol. The van der Waals surface area contributed by atoms with E-state index in [9.17, 15) is 0 Å². The van der Waals surface area contributed by atoms with Crippen molar-refractivity contribution in [2.24, 2.45) is 11.8 Å². The van der Waals surface area contributed by atoms with Crippen LogP contribution in [0.5, 0.6) is 5.75 Å². The zero-order chi connectivity index (χ0) is 34.4. The molecule has 246 valence electrons. The lowest BCUT2D eigenvalue weighted by Crippen LogP contribution is -2.29. The fraction of sp³-hybridized carbons (Fsp3) is 0.224. The van der Waals surface area contributed by atoms with E-state index in [2.05, 4.69) is 187 Å². The summed E-state index contributed by atoms with van der Waals surface area (Å²) in [5.74, 6) is 2.55. The van der Waals surface area contributed by atoms with Crippen molar-refractivity contribution in [3.63, 3.8) is 0 Å². The average Bonchev–Trinajstić information content (AvgIpc) is 3.41. The molecule has 0 saturated carbocycles. The molecular formula is C49H44O. The van der Waals surface area contributed by atoms with Crippen molar-refractivity contribution in [1.29, 1.82) is 0 Å². The van der Waals surface area contributed by atoms with Crippen LogP contribution in [0.25, 0.3) is 27.8 Å². The molecule has 0 spiro atoms. The molecule has 1 heteroatoms. The van der Waals surface area contributed by atoms with Gasteiger partial charge < -0.3 is 4.74 Å². The van der Waals surface area contributed by atoms with Gasteiger partial charge in [-0.2, -0.15) is 0 Å². The van der Waals surface area contributed by atoms with Crippen LogP contribution in [0.4, 0.5) is 0 Å². The number of allylic oxidation sites excluding steroid dienone is 7. The van der Waals surface area contributed by atoms with Crippen LogP contribution in [-0.4, -0.2) is 0 Å². The van der Waals surface area contributed by atoms with Gasteiger partial charge in [-0.3, -0.25) is 0 Å². The number of hydrogen-bond acceptors (Lipinski definition) is 1. The largest absolute Gasteiger partial charge is 0.460 e. The Balaban J connectivity index is 1.26. The minimum absolute atomic E-state index is 0.0723. The second-order valence-corrected chi connectivity index (χ2v) is 16.5. The van der Waals surface area contributed by atoms with E-state index in [1.807, 2.05) is 0 Å². The molecular weight excluding hydrogens is 605 g/mol. The Hall–Kier alpha value is -5.14. The SMILES string of the molecule is CC(C)(C)c1ccc(C2(c3ccc(C(C)(C)C)cc3)c3ccccc3-c3ccc(-c4ccc5c(c4)C4=CC=CC6C=CC=C(O5)C46)cc32)cc1. The second-order valence-electron chi connectivity index (χ2n) is 16.5. The van der Waals surface area contributed by atoms with E-state index >= 15 is 0 Å². The Morgan fingerprint density at radius 1 is 0.540 bits per heavy atom. The van der Waals surface area contributed by atoms with Crippen molar-refractivity contribution in [2.75, 3.05) is 0 Å². The Morgan fingerprint density at radius 3 is 1.78 bits per heavy atom. The first kappa shape index (κ1) is 30.9. The standard InChI is InChI=1S/C49H44O/c1-47(2,3)34-19-23-36(24-20-34)49(37-25-21-35(22-26-37)48(4,5)6)42-15-8-7-13-38(42)39-27-17-33(30-43(39)49)32-18-28-44-41(29-32)40-14-9-11-31-12-10-16-45(50-44)46(31)40/h7-31,46H,1-6H3. The molecule has 1 aliphatic heterocycles.